The molecular weight excluding hydrogens is 332 g/mol. The molecule has 1 amide bonds. The molecule has 2 aliphatic heterocycles. The molecule has 2 aromatic rings. The van der Waals surface area contributed by atoms with Gasteiger partial charge in [0.1, 0.15) is 6.61 Å². The van der Waals surface area contributed by atoms with Crippen molar-refractivity contribution in [2.24, 2.45) is 0 Å². The van der Waals surface area contributed by atoms with Crippen molar-refractivity contribution in [3.05, 3.63) is 60.2 Å². The van der Waals surface area contributed by atoms with Crippen LogP contribution >= 0.6 is 0 Å². The Morgan fingerprint density at radius 1 is 0.923 bits per heavy atom. The van der Waals surface area contributed by atoms with Crippen molar-refractivity contribution in [2.75, 3.05) is 32.8 Å². The summed E-state index contributed by atoms with van der Waals surface area (Å²) in [5.41, 5.74) is 1.30. The molecule has 2 aromatic carbocycles. The summed E-state index contributed by atoms with van der Waals surface area (Å²) >= 11 is 0. The zero-order valence-corrected chi connectivity index (χ0v) is 14.5. The van der Waals surface area contributed by atoms with E-state index in [0.717, 1.165) is 19.6 Å². The van der Waals surface area contributed by atoms with Gasteiger partial charge in [0.2, 0.25) is 5.91 Å². The Labute approximate surface area is 152 Å². The molecule has 0 bridgehead atoms. The first-order chi connectivity index (χ1) is 12.8. The van der Waals surface area contributed by atoms with Crippen molar-refractivity contribution >= 4 is 5.91 Å². The number of carbonyl (C=O) groups excluding carboxylic acids is 1. The van der Waals surface area contributed by atoms with Gasteiger partial charge in [-0.2, -0.15) is 0 Å². The first-order valence-electron chi connectivity index (χ1n) is 8.86. The molecule has 4 rings (SSSR count). The van der Waals surface area contributed by atoms with E-state index >= 15 is 0 Å². The first-order valence-corrected chi connectivity index (χ1v) is 8.86. The molecule has 0 unspecified atom stereocenters. The van der Waals surface area contributed by atoms with Crippen molar-refractivity contribution < 1.29 is 19.0 Å². The van der Waals surface area contributed by atoms with Gasteiger partial charge < -0.3 is 19.1 Å². The van der Waals surface area contributed by atoms with E-state index in [-0.39, 0.29) is 12.5 Å². The van der Waals surface area contributed by atoms with Crippen molar-refractivity contribution in [1.82, 2.24) is 9.80 Å². The quantitative estimate of drug-likeness (QED) is 0.823. The van der Waals surface area contributed by atoms with Crippen molar-refractivity contribution in [1.29, 1.82) is 0 Å². The number of rotatable bonds is 5. The van der Waals surface area contributed by atoms with Gasteiger partial charge in [0.15, 0.2) is 11.5 Å². The van der Waals surface area contributed by atoms with Crippen LogP contribution in [0.25, 0.3) is 0 Å². The maximum absolute atomic E-state index is 12.4. The van der Waals surface area contributed by atoms with E-state index in [1.165, 1.54) is 5.56 Å². The van der Waals surface area contributed by atoms with Crippen molar-refractivity contribution in [3.63, 3.8) is 0 Å². The molecule has 2 aliphatic rings. The minimum atomic E-state index is -0.851. The molecule has 6 nitrogen and oxygen atoms in total. The predicted octanol–water partition coefficient (Wildman–Crippen LogP) is 2.10. The smallest absolute Gasteiger partial charge is 0.361 e. The van der Waals surface area contributed by atoms with E-state index in [0.29, 0.717) is 24.6 Å². The van der Waals surface area contributed by atoms with Crippen LogP contribution in [0.4, 0.5) is 0 Å². The third-order valence-electron chi connectivity index (χ3n) is 4.61. The number of amides is 1. The molecule has 136 valence electrons. The van der Waals surface area contributed by atoms with Crippen LogP contribution < -0.4 is 9.47 Å². The highest BCUT2D eigenvalue weighted by Gasteiger charge is 2.27. The fourth-order valence-electron chi connectivity index (χ4n) is 3.17. The normalized spacial score (nSPS) is 17.5. The van der Waals surface area contributed by atoms with Crippen LogP contribution in [0, 0.1) is 0 Å². The number of benzene rings is 2. The minimum absolute atomic E-state index is 0.0347. The lowest BCUT2D eigenvalue weighted by Gasteiger charge is -2.34. The highest BCUT2D eigenvalue weighted by molar-refractivity contribution is 5.77. The molecule has 1 saturated heterocycles. The maximum atomic E-state index is 12.4. The molecule has 0 saturated carbocycles. The van der Waals surface area contributed by atoms with Crippen LogP contribution in [0.15, 0.2) is 54.6 Å². The molecule has 2 heterocycles. The molecule has 0 atom stereocenters. The number of nitrogens with zero attached hydrogens (tertiary/aromatic N) is 2. The summed E-state index contributed by atoms with van der Waals surface area (Å²) in [5, 5.41) is 0. The Kier molecular flexibility index (Phi) is 5.04. The van der Waals surface area contributed by atoms with E-state index in [2.05, 4.69) is 29.2 Å². The third kappa shape index (κ3) is 3.98. The molecule has 0 aliphatic carbocycles. The van der Waals surface area contributed by atoms with E-state index in [4.69, 9.17) is 14.2 Å². The summed E-state index contributed by atoms with van der Waals surface area (Å²) in [7, 11) is 0. The van der Waals surface area contributed by atoms with Crippen LogP contribution in [0.3, 0.4) is 0 Å². The lowest BCUT2D eigenvalue weighted by molar-refractivity contribution is -0.186. The van der Waals surface area contributed by atoms with Crippen LogP contribution in [0.1, 0.15) is 5.56 Å². The van der Waals surface area contributed by atoms with Gasteiger partial charge in [0.25, 0.3) is 0 Å². The highest BCUT2D eigenvalue weighted by Crippen LogP contribution is 2.34. The number of hydrogen-bond donors (Lipinski definition) is 0. The van der Waals surface area contributed by atoms with Crippen LogP contribution in [-0.2, 0) is 16.1 Å². The summed E-state index contributed by atoms with van der Waals surface area (Å²) in [6, 6.07) is 17.7. The first kappa shape index (κ1) is 16.9. The number of fused-ring (bicyclic) bond motifs is 1. The fraction of sp³-hybridized carbons (Fsp3) is 0.350. The van der Waals surface area contributed by atoms with E-state index in [1.54, 1.807) is 0 Å². The number of carbonyl (C=O) groups is 1. The van der Waals surface area contributed by atoms with Gasteiger partial charge in [-0.1, -0.05) is 42.5 Å². The largest absolute Gasteiger partial charge is 0.428 e. The van der Waals surface area contributed by atoms with Gasteiger partial charge in [-0.25, -0.2) is 0 Å². The molecule has 1 fully saturated rings. The SMILES string of the molecule is O=C(COC1Oc2ccccc2O1)N1CCN(Cc2ccccc2)CC1. The zero-order valence-electron chi connectivity index (χ0n) is 14.5. The van der Waals surface area contributed by atoms with Crippen LogP contribution in [-0.4, -0.2) is 55.0 Å². The second-order valence-corrected chi connectivity index (χ2v) is 6.42. The minimum Gasteiger partial charge on any atom is -0.428 e. The number of piperazine rings is 1. The number of ether oxygens (including phenoxy) is 3. The van der Waals surface area contributed by atoms with Gasteiger partial charge in [-0.3, -0.25) is 9.69 Å². The van der Waals surface area contributed by atoms with Crippen molar-refractivity contribution in [3.8, 4) is 11.5 Å². The lowest BCUT2D eigenvalue weighted by Crippen LogP contribution is -2.49. The number of para-hydroxylation sites is 2. The lowest BCUT2D eigenvalue weighted by atomic mass is 10.2. The van der Waals surface area contributed by atoms with Gasteiger partial charge >= 0.3 is 6.48 Å². The molecular formula is C20H22N2O4. The molecule has 0 N–H and O–H groups in total. The molecule has 0 radical (unpaired) electrons. The Morgan fingerprint density at radius 3 is 2.19 bits per heavy atom. The van der Waals surface area contributed by atoms with Crippen LogP contribution in [0.2, 0.25) is 0 Å². The van der Waals surface area contributed by atoms with Crippen molar-refractivity contribution in [2.45, 2.75) is 13.0 Å². The summed E-state index contributed by atoms with van der Waals surface area (Å²) in [6.45, 7) is 3.17. The molecule has 0 spiro atoms. The Balaban J connectivity index is 1.20. The fourth-order valence-corrected chi connectivity index (χ4v) is 3.17. The second-order valence-electron chi connectivity index (χ2n) is 6.42. The van der Waals surface area contributed by atoms with Gasteiger partial charge in [-0.05, 0) is 17.7 Å². The summed E-state index contributed by atoms with van der Waals surface area (Å²) in [4.78, 5) is 16.6. The monoisotopic (exact) mass is 354 g/mol. The van der Waals surface area contributed by atoms with Gasteiger partial charge in [0, 0.05) is 32.7 Å². The number of hydrogen-bond acceptors (Lipinski definition) is 5. The Bertz CT molecular complexity index is 719. The van der Waals surface area contributed by atoms with Gasteiger partial charge in [0.05, 0.1) is 0 Å². The van der Waals surface area contributed by atoms with E-state index in [9.17, 15) is 4.79 Å². The second kappa shape index (κ2) is 7.76. The Hall–Kier alpha value is -2.57. The average Bonchev–Trinajstić information content (AvgIpc) is 3.10. The molecule has 0 aromatic heterocycles. The maximum Gasteiger partial charge on any atom is 0.361 e. The standard InChI is InChI=1S/C20H22N2O4/c23-19(15-24-20-25-17-8-4-5-9-18(17)26-20)22-12-10-21(11-13-22)14-16-6-2-1-3-7-16/h1-9,20H,10-15H2. The topological polar surface area (TPSA) is 51.2 Å². The molecule has 26 heavy (non-hydrogen) atoms. The highest BCUT2D eigenvalue weighted by atomic mass is 16.9. The summed E-state index contributed by atoms with van der Waals surface area (Å²) < 4.78 is 16.5. The van der Waals surface area contributed by atoms with Gasteiger partial charge in [-0.15, -0.1) is 0 Å². The summed E-state index contributed by atoms with van der Waals surface area (Å²) in [6.07, 6.45) is 0. The average molecular weight is 354 g/mol. The third-order valence-corrected chi connectivity index (χ3v) is 4.61. The van der Waals surface area contributed by atoms with E-state index in [1.807, 2.05) is 35.2 Å². The molecule has 6 heteroatoms. The van der Waals surface area contributed by atoms with Crippen LogP contribution in [0.5, 0.6) is 11.5 Å². The zero-order chi connectivity index (χ0) is 17.8. The van der Waals surface area contributed by atoms with E-state index < -0.39 is 6.48 Å². The summed E-state index contributed by atoms with van der Waals surface area (Å²) in [5.74, 6) is 1.24. The predicted molar refractivity (Wildman–Crippen MR) is 95.7 cm³/mol. The Morgan fingerprint density at radius 2 is 1.54 bits per heavy atom.